The van der Waals surface area contributed by atoms with E-state index in [1.165, 1.54) is 0 Å². The zero-order valence-electron chi connectivity index (χ0n) is 16.4. The summed E-state index contributed by atoms with van der Waals surface area (Å²) in [5, 5.41) is 5.54. The number of hydrogen-bond acceptors (Lipinski definition) is 2. The van der Waals surface area contributed by atoms with Gasteiger partial charge in [0.25, 0.3) is 0 Å². The van der Waals surface area contributed by atoms with Crippen molar-refractivity contribution in [2.24, 2.45) is 0 Å². The average Bonchev–Trinajstić information content (AvgIpc) is 2.55. The molecule has 0 radical (unpaired) electrons. The molecule has 0 aliphatic carbocycles. The summed E-state index contributed by atoms with van der Waals surface area (Å²) in [6, 6.07) is 13.4. The summed E-state index contributed by atoms with van der Waals surface area (Å²) < 4.78 is 0. The van der Waals surface area contributed by atoms with E-state index in [1.54, 1.807) is 0 Å². The lowest BCUT2D eigenvalue weighted by Crippen LogP contribution is -2.31. The smallest absolute Gasteiger partial charge is 0.314 e. The summed E-state index contributed by atoms with van der Waals surface area (Å²) in [5.41, 5.74) is 4.18. The molecule has 0 aliphatic heterocycles. The maximum Gasteiger partial charge on any atom is 0.314 e. The second-order valence-corrected chi connectivity index (χ2v) is 7.90. The third-order valence-corrected chi connectivity index (χ3v) is 4.36. The van der Waals surface area contributed by atoms with Crippen LogP contribution in [0.15, 0.2) is 42.5 Å². The highest BCUT2D eigenvalue weighted by atomic mass is 16.2. The summed E-state index contributed by atoms with van der Waals surface area (Å²) in [6.07, 6.45) is 0. The van der Waals surface area contributed by atoms with Gasteiger partial charge < -0.3 is 10.6 Å². The second-order valence-electron chi connectivity index (χ2n) is 7.90. The van der Waals surface area contributed by atoms with Crippen LogP contribution in [0.1, 0.15) is 57.2 Å². The lowest BCUT2D eigenvalue weighted by atomic mass is 9.86. The highest BCUT2D eigenvalue weighted by Gasteiger charge is 2.22. The number of rotatable bonds is 3. The SMILES string of the molecule is Cc1cccc(C(C)C)c1NC(=O)C(=O)Nc1ccccc1C(C)(C)C. The molecule has 2 amide bonds. The predicted molar refractivity (Wildman–Crippen MR) is 108 cm³/mol. The average molecular weight is 352 g/mol. The standard InChI is InChI=1S/C22H28N2O2/c1-14(2)16-11-9-10-15(3)19(16)24-21(26)20(25)23-18-13-8-7-12-17(18)22(4,5)6/h7-14H,1-6H3,(H,23,25)(H,24,26). The molecule has 0 saturated heterocycles. The van der Waals surface area contributed by atoms with Crippen molar-refractivity contribution in [1.82, 2.24) is 0 Å². The third-order valence-electron chi connectivity index (χ3n) is 4.36. The molecule has 0 aromatic heterocycles. The number of benzene rings is 2. The van der Waals surface area contributed by atoms with Crippen LogP contribution in [0.5, 0.6) is 0 Å². The Labute approximate surface area is 156 Å². The molecule has 0 spiro atoms. The van der Waals surface area contributed by atoms with Gasteiger partial charge in [-0.15, -0.1) is 0 Å². The van der Waals surface area contributed by atoms with Crippen LogP contribution >= 0.6 is 0 Å². The van der Waals surface area contributed by atoms with Gasteiger partial charge in [0.15, 0.2) is 0 Å². The first kappa shape index (κ1) is 19.7. The van der Waals surface area contributed by atoms with Gasteiger partial charge in [-0.3, -0.25) is 9.59 Å². The molecule has 2 rings (SSSR count). The molecule has 0 atom stereocenters. The van der Waals surface area contributed by atoms with Crippen LogP contribution in [0.2, 0.25) is 0 Å². The van der Waals surface area contributed by atoms with E-state index in [2.05, 4.69) is 45.3 Å². The molecule has 0 heterocycles. The highest BCUT2D eigenvalue weighted by molar-refractivity contribution is 6.43. The van der Waals surface area contributed by atoms with Crippen molar-refractivity contribution in [2.45, 2.75) is 52.9 Å². The number of nitrogens with one attached hydrogen (secondary N) is 2. The van der Waals surface area contributed by atoms with Gasteiger partial charge in [0.1, 0.15) is 0 Å². The Kier molecular flexibility index (Phi) is 5.86. The third kappa shape index (κ3) is 4.51. The van der Waals surface area contributed by atoms with Gasteiger partial charge in [-0.1, -0.05) is 71.0 Å². The molecule has 2 aromatic carbocycles. The molecule has 0 aliphatic rings. The minimum Gasteiger partial charge on any atom is -0.318 e. The fourth-order valence-electron chi connectivity index (χ4n) is 2.94. The van der Waals surface area contributed by atoms with E-state index in [-0.39, 0.29) is 11.3 Å². The largest absolute Gasteiger partial charge is 0.318 e. The normalized spacial score (nSPS) is 11.3. The molecule has 0 unspecified atom stereocenters. The van der Waals surface area contributed by atoms with Gasteiger partial charge in [-0.25, -0.2) is 0 Å². The number of carbonyl (C=O) groups excluding carboxylic acids is 2. The first-order valence-electron chi connectivity index (χ1n) is 8.92. The summed E-state index contributed by atoms with van der Waals surface area (Å²) >= 11 is 0. The Balaban J connectivity index is 2.22. The van der Waals surface area contributed by atoms with Crippen molar-refractivity contribution in [3.63, 3.8) is 0 Å². The maximum atomic E-state index is 12.5. The highest BCUT2D eigenvalue weighted by Crippen LogP contribution is 2.30. The lowest BCUT2D eigenvalue weighted by Gasteiger charge is -2.23. The van der Waals surface area contributed by atoms with Crippen LogP contribution in [-0.4, -0.2) is 11.8 Å². The van der Waals surface area contributed by atoms with Gasteiger partial charge >= 0.3 is 11.8 Å². The van der Waals surface area contributed by atoms with Crippen molar-refractivity contribution in [3.05, 3.63) is 59.2 Å². The van der Waals surface area contributed by atoms with E-state index in [4.69, 9.17) is 0 Å². The van der Waals surface area contributed by atoms with Gasteiger partial charge in [-0.05, 0) is 41.0 Å². The van der Waals surface area contributed by atoms with Gasteiger partial charge in [0.2, 0.25) is 0 Å². The fourth-order valence-corrected chi connectivity index (χ4v) is 2.94. The Morgan fingerprint density at radius 2 is 1.50 bits per heavy atom. The van der Waals surface area contributed by atoms with E-state index in [1.807, 2.05) is 49.4 Å². The zero-order valence-corrected chi connectivity index (χ0v) is 16.4. The monoisotopic (exact) mass is 352 g/mol. The van der Waals surface area contributed by atoms with Crippen LogP contribution in [0.25, 0.3) is 0 Å². The van der Waals surface area contributed by atoms with Crippen LogP contribution in [0, 0.1) is 6.92 Å². The number of para-hydroxylation sites is 2. The van der Waals surface area contributed by atoms with Crippen LogP contribution < -0.4 is 10.6 Å². The predicted octanol–water partition coefficient (Wildman–Crippen LogP) is 4.99. The van der Waals surface area contributed by atoms with E-state index >= 15 is 0 Å². The topological polar surface area (TPSA) is 58.2 Å². The number of aryl methyl sites for hydroxylation is 1. The Hall–Kier alpha value is -2.62. The minimum atomic E-state index is -0.667. The molecule has 4 nitrogen and oxygen atoms in total. The summed E-state index contributed by atoms with van der Waals surface area (Å²) in [5.74, 6) is -1.08. The first-order chi connectivity index (χ1) is 12.1. The Morgan fingerprint density at radius 1 is 0.885 bits per heavy atom. The summed E-state index contributed by atoms with van der Waals surface area (Å²) in [6.45, 7) is 12.3. The van der Waals surface area contributed by atoms with Crippen LogP contribution in [-0.2, 0) is 15.0 Å². The molecular weight excluding hydrogens is 324 g/mol. The van der Waals surface area contributed by atoms with Crippen molar-refractivity contribution in [2.75, 3.05) is 10.6 Å². The lowest BCUT2D eigenvalue weighted by molar-refractivity contribution is -0.133. The molecule has 0 bridgehead atoms. The van der Waals surface area contributed by atoms with Crippen molar-refractivity contribution < 1.29 is 9.59 Å². The van der Waals surface area contributed by atoms with Crippen molar-refractivity contribution >= 4 is 23.2 Å². The maximum absolute atomic E-state index is 12.5. The first-order valence-corrected chi connectivity index (χ1v) is 8.92. The summed E-state index contributed by atoms with van der Waals surface area (Å²) in [7, 11) is 0. The summed E-state index contributed by atoms with van der Waals surface area (Å²) in [4.78, 5) is 24.9. The molecule has 4 heteroatoms. The van der Waals surface area contributed by atoms with Crippen LogP contribution in [0.3, 0.4) is 0 Å². The zero-order chi connectivity index (χ0) is 19.5. The second kappa shape index (κ2) is 7.73. The number of carbonyl (C=O) groups is 2. The Morgan fingerprint density at radius 3 is 2.12 bits per heavy atom. The van der Waals surface area contributed by atoms with E-state index in [9.17, 15) is 9.59 Å². The molecular formula is C22H28N2O2. The minimum absolute atomic E-state index is 0.138. The van der Waals surface area contributed by atoms with E-state index in [0.717, 1.165) is 16.7 Å². The number of amides is 2. The molecule has 2 N–H and O–H groups in total. The van der Waals surface area contributed by atoms with Gasteiger partial charge in [0, 0.05) is 11.4 Å². The van der Waals surface area contributed by atoms with Crippen LogP contribution in [0.4, 0.5) is 11.4 Å². The number of anilines is 2. The van der Waals surface area contributed by atoms with E-state index < -0.39 is 11.8 Å². The Bertz CT molecular complexity index is 817. The van der Waals surface area contributed by atoms with Crippen molar-refractivity contribution in [1.29, 1.82) is 0 Å². The number of hydrogen-bond donors (Lipinski definition) is 2. The van der Waals surface area contributed by atoms with E-state index in [0.29, 0.717) is 11.4 Å². The quantitative estimate of drug-likeness (QED) is 0.764. The molecule has 2 aromatic rings. The molecule has 0 saturated carbocycles. The molecule has 0 fully saturated rings. The molecule has 26 heavy (non-hydrogen) atoms. The van der Waals surface area contributed by atoms with Gasteiger partial charge in [-0.2, -0.15) is 0 Å². The fraction of sp³-hybridized carbons (Fsp3) is 0.364. The van der Waals surface area contributed by atoms with Gasteiger partial charge in [0.05, 0.1) is 0 Å². The molecule has 138 valence electrons. The van der Waals surface area contributed by atoms with Crippen molar-refractivity contribution in [3.8, 4) is 0 Å².